The van der Waals surface area contributed by atoms with Crippen LogP contribution in [0.3, 0.4) is 0 Å². The average molecular weight is 221 g/mol. The first kappa shape index (κ1) is 11.6. The number of hydrogen-bond acceptors (Lipinski definition) is 2. The van der Waals surface area contributed by atoms with Crippen molar-refractivity contribution in [2.75, 3.05) is 7.05 Å². The van der Waals surface area contributed by atoms with E-state index in [4.69, 9.17) is 0 Å². The molecule has 0 amide bonds. The zero-order valence-corrected chi connectivity index (χ0v) is 10.8. The second-order valence-corrected chi connectivity index (χ2v) is 5.53. The predicted molar refractivity (Wildman–Crippen MR) is 66.3 cm³/mol. The smallest absolute Gasteiger partial charge is 0.110 e. The van der Waals surface area contributed by atoms with Gasteiger partial charge in [-0.2, -0.15) is 0 Å². The second kappa shape index (κ2) is 4.21. The zero-order chi connectivity index (χ0) is 11.8. The second-order valence-electron chi connectivity index (χ2n) is 5.53. The third-order valence-electron chi connectivity index (χ3n) is 3.99. The number of imidazole rings is 1. The number of aromatic nitrogens is 2. The molecule has 1 heterocycles. The van der Waals surface area contributed by atoms with Gasteiger partial charge in [0.2, 0.25) is 0 Å². The Morgan fingerprint density at radius 1 is 1.62 bits per heavy atom. The summed E-state index contributed by atoms with van der Waals surface area (Å²) in [7, 11) is 2.07. The number of rotatable bonds is 5. The van der Waals surface area contributed by atoms with E-state index in [1.165, 1.54) is 12.2 Å². The fraction of sp³-hybridized carbons (Fsp3) is 0.769. The van der Waals surface area contributed by atoms with Gasteiger partial charge >= 0.3 is 0 Å². The van der Waals surface area contributed by atoms with Crippen molar-refractivity contribution in [3.05, 3.63) is 18.2 Å². The number of nitrogens with one attached hydrogen (secondary N) is 1. The summed E-state index contributed by atoms with van der Waals surface area (Å²) in [6.07, 6.45) is 6.36. The summed E-state index contributed by atoms with van der Waals surface area (Å²) < 4.78 is 2.24. The Balaban J connectivity index is 2.02. The third-order valence-corrected chi connectivity index (χ3v) is 3.99. The van der Waals surface area contributed by atoms with Crippen LogP contribution < -0.4 is 5.32 Å². The molecule has 2 rings (SSSR count). The van der Waals surface area contributed by atoms with Crippen LogP contribution in [0.15, 0.2) is 12.4 Å². The Bertz CT molecular complexity index is 354. The Morgan fingerprint density at radius 2 is 2.31 bits per heavy atom. The number of aryl methyl sites for hydroxylation is 1. The van der Waals surface area contributed by atoms with E-state index in [1.54, 1.807) is 0 Å². The lowest BCUT2D eigenvalue weighted by molar-refractivity contribution is 0.415. The van der Waals surface area contributed by atoms with Crippen molar-refractivity contribution in [2.45, 2.75) is 46.2 Å². The van der Waals surface area contributed by atoms with Gasteiger partial charge in [0, 0.05) is 31.4 Å². The predicted octanol–water partition coefficient (Wildman–Crippen LogP) is 2.08. The molecule has 1 aromatic rings. The average Bonchev–Trinajstić information content (AvgIpc) is 2.72. The van der Waals surface area contributed by atoms with Crippen LogP contribution in [0.1, 0.15) is 33.0 Å². The lowest BCUT2D eigenvalue weighted by Crippen LogP contribution is -2.32. The van der Waals surface area contributed by atoms with Gasteiger partial charge in [0.1, 0.15) is 5.82 Å². The highest BCUT2D eigenvalue weighted by Crippen LogP contribution is 2.53. The molecular formula is C13H23N3. The first-order valence-electron chi connectivity index (χ1n) is 6.25. The molecule has 3 nitrogen and oxygen atoms in total. The molecule has 1 aromatic heterocycles. The van der Waals surface area contributed by atoms with Crippen LogP contribution in [0.25, 0.3) is 0 Å². The zero-order valence-electron chi connectivity index (χ0n) is 10.8. The Hall–Kier alpha value is -0.830. The minimum atomic E-state index is 0.525. The van der Waals surface area contributed by atoms with Crippen LogP contribution in [0.5, 0.6) is 0 Å². The largest absolute Gasteiger partial charge is 0.335 e. The van der Waals surface area contributed by atoms with E-state index in [1.807, 2.05) is 6.20 Å². The van der Waals surface area contributed by atoms with Crippen LogP contribution in [-0.2, 0) is 13.0 Å². The lowest BCUT2D eigenvalue weighted by Gasteiger charge is -2.18. The minimum absolute atomic E-state index is 0.525. The van der Waals surface area contributed by atoms with Crippen molar-refractivity contribution >= 4 is 0 Å². The van der Waals surface area contributed by atoms with Crippen LogP contribution in [0, 0.1) is 11.3 Å². The maximum absolute atomic E-state index is 4.46. The van der Waals surface area contributed by atoms with Gasteiger partial charge < -0.3 is 9.88 Å². The molecule has 90 valence electrons. The molecule has 3 heteroatoms. The van der Waals surface area contributed by atoms with Crippen molar-refractivity contribution in [1.82, 2.24) is 14.9 Å². The van der Waals surface area contributed by atoms with E-state index in [-0.39, 0.29) is 0 Å². The van der Waals surface area contributed by atoms with Gasteiger partial charge in [-0.15, -0.1) is 0 Å². The topological polar surface area (TPSA) is 29.9 Å². The molecule has 0 aliphatic heterocycles. The molecule has 1 N–H and O–H groups in total. The molecule has 0 spiro atoms. The number of nitrogens with zero attached hydrogens (tertiary/aromatic N) is 2. The fourth-order valence-corrected chi connectivity index (χ4v) is 2.65. The molecule has 0 bridgehead atoms. The van der Waals surface area contributed by atoms with Crippen LogP contribution in [0.4, 0.5) is 0 Å². The van der Waals surface area contributed by atoms with E-state index < -0.39 is 0 Å². The molecule has 0 radical (unpaired) electrons. The van der Waals surface area contributed by atoms with Gasteiger partial charge in [-0.3, -0.25) is 0 Å². The number of likely N-dealkylation sites (N-methyl/N-ethyl adjacent to an activating group) is 1. The number of hydrogen-bond donors (Lipinski definition) is 1. The summed E-state index contributed by atoms with van der Waals surface area (Å²) in [5, 5.41) is 3.46. The molecule has 1 fully saturated rings. The maximum Gasteiger partial charge on any atom is 0.110 e. The van der Waals surface area contributed by atoms with Gasteiger partial charge in [0.25, 0.3) is 0 Å². The molecule has 0 aromatic carbocycles. The van der Waals surface area contributed by atoms with Crippen molar-refractivity contribution in [2.24, 2.45) is 11.3 Å². The van der Waals surface area contributed by atoms with E-state index in [2.05, 4.69) is 48.9 Å². The van der Waals surface area contributed by atoms with Crippen molar-refractivity contribution in [3.8, 4) is 0 Å². The first-order valence-corrected chi connectivity index (χ1v) is 6.25. The highest BCUT2D eigenvalue weighted by Gasteiger charge is 2.49. The summed E-state index contributed by atoms with van der Waals surface area (Å²) >= 11 is 0. The summed E-state index contributed by atoms with van der Waals surface area (Å²) in [5.41, 5.74) is 0.525. The SMILES string of the molecule is CCn1ccnc1CC(NC)C1CC1(C)C. The fourth-order valence-electron chi connectivity index (χ4n) is 2.65. The molecular weight excluding hydrogens is 198 g/mol. The standard InChI is InChI=1S/C13H23N3/c1-5-16-7-6-15-12(16)8-11(14-4)10-9-13(10,2)3/h6-7,10-11,14H,5,8-9H2,1-4H3. The van der Waals surface area contributed by atoms with Gasteiger partial charge in [-0.1, -0.05) is 13.8 Å². The summed E-state index contributed by atoms with van der Waals surface area (Å²) in [4.78, 5) is 4.46. The van der Waals surface area contributed by atoms with Gasteiger partial charge in [-0.05, 0) is 31.7 Å². The van der Waals surface area contributed by atoms with Gasteiger partial charge in [-0.25, -0.2) is 4.98 Å². The van der Waals surface area contributed by atoms with E-state index >= 15 is 0 Å². The summed E-state index contributed by atoms with van der Waals surface area (Å²) in [6.45, 7) is 7.89. The molecule has 2 unspecified atom stereocenters. The van der Waals surface area contributed by atoms with Gasteiger partial charge in [0.05, 0.1) is 0 Å². The quantitative estimate of drug-likeness (QED) is 0.825. The summed E-state index contributed by atoms with van der Waals surface area (Å²) in [5.74, 6) is 2.02. The van der Waals surface area contributed by atoms with Gasteiger partial charge in [0.15, 0.2) is 0 Å². The maximum atomic E-state index is 4.46. The summed E-state index contributed by atoms with van der Waals surface area (Å²) in [6, 6.07) is 0.572. The van der Waals surface area contributed by atoms with E-state index in [0.717, 1.165) is 18.9 Å². The molecule has 2 atom stereocenters. The van der Waals surface area contributed by atoms with Crippen molar-refractivity contribution in [3.63, 3.8) is 0 Å². The van der Waals surface area contributed by atoms with Crippen LogP contribution in [-0.4, -0.2) is 22.6 Å². The molecule has 0 saturated heterocycles. The van der Waals surface area contributed by atoms with Crippen molar-refractivity contribution < 1.29 is 0 Å². The normalized spacial score (nSPS) is 24.4. The minimum Gasteiger partial charge on any atom is -0.335 e. The molecule has 16 heavy (non-hydrogen) atoms. The first-order chi connectivity index (χ1) is 7.58. The lowest BCUT2D eigenvalue weighted by atomic mass is 10.0. The highest BCUT2D eigenvalue weighted by molar-refractivity contribution is 5.06. The molecule has 1 saturated carbocycles. The Morgan fingerprint density at radius 3 is 2.81 bits per heavy atom. The Labute approximate surface area is 98.3 Å². The monoisotopic (exact) mass is 221 g/mol. The van der Waals surface area contributed by atoms with E-state index in [0.29, 0.717) is 11.5 Å². The molecule has 1 aliphatic carbocycles. The van der Waals surface area contributed by atoms with Crippen molar-refractivity contribution in [1.29, 1.82) is 0 Å². The van der Waals surface area contributed by atoms with E-state index in [9.17, 15) is 0 Å². The molecule has 1 aliphatic rings. The Kier molecular flexibility index (Phi) is 3.06. The third kappa shape index (κ3) is 2.14. The highest BCUT2D eigenvalue weighted by atomic mass is 15.1. The van der Waals surface area contributed by atoms with Crippen LogP contribution >= 0.6 is 0 Å². The van der Waals surface area contributed by atoms with Crippen LogP contribution in [0.2, 0.25) is 0 Å².